The Morgan fingerprint density at radius 3 is 3.00 bits per heavy atom. The molecule has 1 aromatic rings. The van der Waals surface area contributed by atoms with Crippen molar-refractivity contribution in [2.45, 2.75) is 33.2 Å². The summed E-state index contributed by atoms with van der Waals surface area (Å²) in [5, 5.41) is 6.94. The number of guanidine groups is 1. The van der Waals surface area contributed by atoms with Gasteiger partial charge >= 0.3 is 0 Å². The Balaban J connectivity index is 2.40. The van der Waals surface area contributed by atoms with Crippen LogP contribution in [-0.4, -0.2) is 17.7 Å². The van der Waals surface area contributed by atoms with Crippen molar-refractivity contribution in [2.75, 3.05) is 6.54 Å². The van der Waals surface area contributed by atoms with E-state index in [1.54, 1.807) is 0 Å². The average molecular weight is 225 g/mol. The Bertz CT molecular complexity index is 334. The van der Waals surface area contributed by atoms with Gasteiger partial charge in [-0.3, -0.25) is 5.43 Å². The molecule has 0 unspecified atom stereocenters. The number of hydrogen-bond acceptors (Lipinski definition) is 4. The highest BCUT2D eigenvalue weighted by Crippen LogP contribution is 2.02. The number of unbranched alkanes of at least 4 members (excludes halogenated alkanes) is 1. The number of hydrogen-bond donors (Lipinski definition) is 3. The van der Waals surface area contributed by atoms with E-state index in [-0.39, 0.29) is 0 Å². The van der Waals surface area contributed by atoms with Gasteiger partial charge in [-0.25, -0.2) is 10.8 Å². The molecule has 4 N–H and O–H groups in total. The molecule has 1 heterocycles. The summed E-state index contributed by atoms with van der Waals surface area (Å²) in [4.78, 5) is 4.24. The van der Waals surface area contributed by atoms with Crippen LogP contribution in [-0.2, 0) is 6.54 Å². The minimum atomic E-state index is 0.454. The first-order chi connectivity index (χ1) is 7.76. The van der Waals surface area contributed by atoms with E-state index in [9.17, 15) is 0 Å². The number of aromatic nitrogens is 1. The van der Waals surface area contributed by atoms with Gasteiger partial charge in [-0.2, -0.15) is 0 Å². The zero-order valence-corrected chi connectivity index (χ0v) is 9.79. The maximum absolute atomic E-state index is 5.34. The van der Waals surface area contributed by atoms with Crippen LogP contribution in [0.2, 0.25) is 0 Å². The molecular formula is C10H19N5O. The Labute approximate surface area is 95.3 Å². The van der Waals surface area contributed by atoms with Crippen molar-refractivity contribution in [2.24, 2.45) is 10.8 Å². The molecular weight excluding hydrogens is 206 g/mol. The second-order valence-electron chi connectivity index (χ2n) is 3.52. The molecule has 0 aliphatic heterocycles. The highest BCUT2D eigenvalue weighted by molar-refractivity contribution is 5.79. The van der Waals surface area contributed by atoms with Crippen LogP contribution in [0.4, 0.5) is 0 Å². The summed E-state index contributed by atoms with van der Waals surface area (Å²) in [6.45, 7) is 5.29. The van der Waals surface area contributed by atoms with Crippen LogP contribution in [0.3, 0.4) is 0 Å². The number of hydrazine groups is 1. The van der Waals surface area contributed by atoms with E-state index in [0.29, 0.717) is 12.5 Å². The van der Waals surface area contributed by atoms with E-state index in [2.05, 4.69) is 27.8 Å². The van der Waals surface area contributed by atoms with Crippen LogP contribution < -0.4 is 16.6 Å². The molecule has 1 rings (SSSR count). The van der Waals surface area contributed by atoms with E-state index in [1.807, 2.05) is 13.0 Å². The van der Waals surface area contributed by atoms with Crippen LogP contribution in [0.5, 0.6) is 0 Å². The predicted octanol–water partition coefficient (Wildman–Crippen LogP) is 0.692. The first-order valence-corrected chi connectivity index (χ1v) is 5.43. The molecule has 0 aliphatic carbocycles. The van der Waals surface area contributed by atoms with Gasteiger partial charge in [0, 0.05) is 12.6 Å². The molecule has 0 atom stereocenters. The highest BCUT2D eigenvalue weighted by Gasteiger charge is 2.00. The van der Waals surface area contributed by atoms with Gasteiger partial charge in [-0.1, -0.05) is 18.5 Å². The summed E-state index contributed by atoms with van der Waals surface area (Å²) in [5.74, 6) is 6.70. The first-order valence-electron chi connectivity index (χ1n) is 5.43. The van der Waals surface area contributed by atoms with Gasteiger partial charge in [0.1, 0.15) is 11.5 Å². The van der Waals surface area contributed by atoms with Crippen molar-refractivity contribution < 1.29 is 4.52 Å². The summed E-state index contributed by atoms with van der Waals surface area (Å²) in [5.41, 5.74) is 3.31. The molecule has 0 radical (unpaired) electrons. The summed E-state index contributed by atoms with van der Waals surface area (Å²) in [7, 11) is 0. The Morgan fingerprint density at radius 2 is 2.44 bits per heavy atom. The molecule has 0 saturated heterocycles. The SMILES string of the molecule is CCCCNC(=NCc1cc(C)on1)NN. The molecule has 6 heteroatoms. The van der Waals surface area contributed by atoms with Crippen molar-refractivity contribution in [3.8, 4) is 0 Å². The van der Waals surface area contributed by atoms with Gasteiger partial charge in [0.25, 0.3) is 0 Å². The lowest BCUT2D eigenvalue weighted by Crippen LogP contribution is -2.41. The van der Waals surface area contributed by atoms with E-state index in [4.69, 9.17) is 10.4 Å². The van der Waals surface area contributed by atoms with E-state index in [0.717, 1.165) is 30.8 Å². The highest BCUT2D eigenvalue weighted by atomic mass is 16.5. The molecule has 0 aliphatic rings. The summed E-state index contributed by atoms with van der Waals surface area (Å²) in [6.07, 6.45) is 2.22. The minimum Gasteiger partial charge on any atom is -0.361 e. The molecule has 16 heavy (non-hydrogen) atoms. The van der Waals surface area contributed by atoms with Crippen LogP contribution in [0.1, 0.15) is 31.2 Å². The number of nitrogens with one attached hydrogen (secondary N) is 2. The molecule has 0 spiro atoms. The molecule has 0 amide bonds. The molecule has 6 nitrogen and oxygen atoms in total. The minimum absolute atomic E-state index is 0.454. The van der Waals surface area contributed by atoms with Gasteiger partial charge in [0.2, 0.25) is 5.96 Å². The smallest absolute Gasteiger partial charge is 0.206 e. The van der Waals surface area contributed by atoms with Crippen molar-refractivity contribution in [3.63, 3.8) is 0 Å². The number of aryl methyl sites for hydroxylation is 1. The van der Waals surface area contributed by atoms with Crippen LogP contribution in [0.25, 0.3) is 0 Å². The van der Waals surface area contributed by atoms with Crippen molar-refractivity contribution in [1.82, 2.24) is 15.9 Å². The van der Waals surface area contributed by atoms with Gasteiger partial charge in [0.15, 0.2) is 0 Å². The van der Waals surface area contributed by atoms with Gasteiger partial charge < -0.3 is 9.84 Å². The maximum Gasteiger partial charge on any atom is 0.206 e. The monoisotopic (exact) mass is 225 g/mol. The third kappa shape index (κ3) is 4.31. The number of rotatable bonds is 5. The van der Waals surface area contributed by atoms with Gasteiger partial charge in [0.05, 0.1) is 6.54 Å². The summed E-state index contributed by atoms with van der Waals surface area (Å²) < 4.78 is 4.94. The lowest BCUT2D eigenvalue weighted by atomic mass is 10.3. The third-order valence-electron chi connectivity index (χ3n) is 2.04. The summed E-state index contributed by atoms with van der Waals surface area (Å²) in [6, 6.07) is 1.85. The molecule has 0 fully saturated rings. The van der Waals surface area contributed by atoms with Crippen LogP contribution in [0, 0.1) is 6.92 Å². The Hall–Kier alpha value is -1.56. The summed E-state index contributed by atoms with van der Waals surface area (Å²) >= 11 is 0. The third-order valence-corrected chi connectivity index (χ3v) is 2.04. The normalized spacial score (nSPS) is 11.6. The van der Waals surface area contributed by atoms with Crippen LogP contribution in [0.15, 0.2) is 15.6 Å². The van der Waals surface area contributed by atoms with E-state index >= 15 is 0 Å². The van der Waals surface area contributed by atoms with Crippen molar-refractivity contribution in [3.05, 3.63) is 17.5 Å². The van der Waals surface area contributed by atoms with Gasteiger partial charge in [-0.15, -0.1) is 0 Å². The topological polar surface area (TPSA) is 88.5 Å². The molecule has 0 bridgehead atoms. The second kappa shape index (κ2) is 6.84. The Kier molecular flexibility index (Phi) is 5.35. The fourth-order valence-corrected chi connectivity index (χ4v) is 1.19. The van der Waals surface area contributed by atoms with Crippen molar-refractivity contribution in [1.29, 1.82) is 0 Å². The molecule has 0 saturated carbocycles. The van der Waals surface area contributed by atoms with Gasteiger partial charge in [-0.05, 0) is 13.3 Å². The predicted molar refractivity (Wildman–Crippen MR) is 62.6 cm³/mol. The second-order valence-corrected chi connectivity index (χ2v) is 3.52. The first kappa shape index (κ1) is 12.5. The molecule has 1 aromatic heterocycles. The number of aliphatic imine (C=N–C) groups is 1. The van der Waals surface area contributed by atoms with Crippen molar-refractivity contribution >= 4 is 5.96 Å². The fraction of sp³-hybridized carbons (Fsp3) is 0.600. The average Bonchev–Trinajstić information content (AvgIpc) is 2.69. The molecule has 90 valence electrons. The lowest BCUT2D eigenvalue weighted by molar-refractivity contribution is 0.391. The fourth-order valence-electron chi connectivity index (χ4n) is 1.19. The Morgan fingerprint density at radius 1 is 1.62 bits per heavy atom. The largest absolute Gasteiger partial charge is 0.361 e. The maximum atomic E-state index is 5.34. The zero-order valence-electron chi connectivity index (χ0n) is 9.79. The molecule has 0 aromatic carbocycles. The number of nitrogens with zero attached hydrogens (tertiary/aromatic N) is 2. The van der Waals surface area contributed by atoms with E-state index < -0.39 is 0 Å². The zero-order chi connectivity index (χ0) is 11.8. The van der Waals surface area contributed by atoms with Crippen LogP contribution >= 0.6 is 0 Å². The number of nitrogens with two attached hydrogens (primary N) is 1. The van der Waals surface area contributed by atoms with E-state index in [1.165, 1.54) is 0 Å². The quantitative estimate of drug-likeness (QED) is 0.225. The standard InChI is InChI=1S/C10H19N5O/c1-3-4-5-12-10(14-11)13-7-9-6-8(2)16-15-9/h6H,3-5,7,11H2,1-2H3,(H2,12,13,14). The lowest BCUT2D eigenvalue weighted by Gasteiger charge is -2.07.